The largest absolute Gasteiger partial charge is 0.461 e. The van der Waals surface area contributed by atoms with Crippen LogP contribution in [0.2, 0.25) is 0 Å². The fourth-order valence-corrected chi connectivity index (χ4v) is 2.10. The second kappa shape index (κ2) is 4.11. The SMILES string of the molecule is Cc1oc2ccccc2c1C(=O)c1ccncc1. The molecule has 0 N–H and O–H groups in total. The van der Waals surface area contributed by atoms with E-state index in [0.29, 0.717) is 16.9 Å². The Morgan fingerprint density at radius 1 is 1.11 bits per heavy atom. The number of benzene rings is 1. The van der Waals surface area contributed by atoms with Crippen LogP contribution in [0.3, 0.4) is 0 Å². The summed E-state index contributed by atoms with van der Waals surface area (Å²) in [5.74, 6) is 0.623. The standard InChI is InChI=1S/C15H11NO2/c1-10-14(12-4-2-3-5-13(12)18-10)15(17)11-6-8-16-9-7-11/h2-9H,1H3. The maximum Gasteiger partial charge on any atom is 0.197 e. The number of furan rings is 1. The highest BCUT2D eigenvalue weighted by Crippen LogP contribution is 2.27. The first-order valence-corrected chi connectivity index (χ1v) is 5.70. The van der Waals surface area contributed by atoms with Crippen LogP contribution in [0.4, 0.5) is 0 Å². The normalized spacial score (nSPS) is 10.7. The third kappa shape index (κ3) is 1.61. The van der Waals surface area contributed by atoms with Crippen molar-refractivity contribution in [2.45, 2.75) is 6.92 Å². The predicted molar refractivity (Wildman–Crippen MR) is 68.6 cm³/mol. The van der Waals surface area contributed by atoms with Crippen LogP contribution in [-0.2, 0) is 0 Å². The zero-order valence-electron chi connectivity index (χ0n) is 9.88. The van der Waals surface area contributed by atoms with Crippen molar-refractivity contribution in [1.82, 2.24) is 4.98 Å². The van der Waals surface area contributed by atoms with E-state index in [1.807, 2.05) is 31.2 Å². The number of pyridine rings is 1. The Morgan fingerprint density at radius 2 is 1.83 bits per heavy atom. The average molecular weight is 237 g/mol. The molecule has 3 aromatic rings. The topological polar surface area (TPSA) is 43.1 Å². The summed E-state index contributed by atoms with van der Waals surface area (Å²) in [6.07, 6.45) is 3.23. The van der Waals surface area contributed by atoms with Gasteiger partial charge in [0.25, 0.3) is 0 Å². The number of para-hydroxylation sites is 1. The summed E-state index contributed by atoms with van der Waals surface area (Å²) >= 11 is 0. The summed E-state index contributed by atoms with van der Waals surface area (Å²) in [5.41, 5.74) is 2.00. The van der Waals surface area contributed by atoms with Gasteiger partial charge in [-0.05, 0) is 25.1 Å². The zero-order valence-corrected chi connectivity index (χ0v) is 9.88. The van der Waals surface area contributed by atoms with Crippen molar-refractivity contribution in [3.8, 4) is 0 Å². The molecule has 0 spiro atoms. The number of rotatable bonds is 2. The van der Waals surface area contributed by atoms with Crippen molar-refractivity contribution >= 4 is 16.8 Å². The molecule has 0 fully saturated rings. The predicted octanol–water partition coefficient (Wildman–Crippen LogP) is 3.37. The lowest BCUT2D eigenvalue weighted by atomic mass is 10.0. The van der Waals surface area contributed by atoms with Crippen molar-refractivity contribution in [2.24, 2.45) is 0 Å². The first kappa shape index (κ1) is 10.7. The lowest BCUT2D eigenvalue weighted by Crippen LogP contribution is -2.02. The number of aryl methyl sites for hydroxylation is 1. The first-order chi connectivity index (χ1) is 8.77. The maximum atomic E-state index is 12.5. The molecular weight excluding hydrogens is 226 g/mol. The fourth-order valence-electron chi connectivity index (χ4n) is 2.10. The highest BCUT2D eigenvalue weighted by molar-refractivity contribution is 6.16. The molecule has 1 aromatic carbocycles. The number of aromatic nitrogens is 1. The van der Waals surface area contributed by atoms with E-state index in [1.54, 1.807) is 24.5 Å². The molecule has 0 atom stereocenters. The maximum absolute atomic E-state index is 12.5. The van der Waals surface area contributed by atoms with Gasteiger partial charge < -0.3 is 4.42 Å². The minimum absolute atomic E-state index is 0.0279. The molecule has 3 nitrogen and oxygen atoms in total. The monoisotopic (exact) mass is 237 g/mol. The third-order valence-electron chi connectivity index (χ3n) is 2.94. The lowest BCUT2D eigenvalue weighted by Gasteiger charge is -1.99. The van der Waals surface area contributed by atoms with Gasteiger partial charge in [0, 0.05) is 23.3 Å². The molecule has 0 saturated carbocycles. The van der Waals surface area contributed by atoms with Gasteiger partial charge in [-0.25, -0.2) is 0 Å². The van der Waals surface area contributed by atoms with E-state index in [9.17, 15) is 4.79 Å². The summed E-state index contributed by atoms with van der Waals surface area (Å²) < 4.78 is 5.61. The van der Waals surface area contributed by atoms with Crippen LogP contribution in [0.1, 0.15) is 21.7 Å². The molecule has 0 aliphatic rings. The smallest absolute Gasteiger partial charge is 0.197 e. The van der Waals surface area contributed by atoms with Gasteiger partial charge in [0.1, 0.15) is 11.3 Å². The van der Waals surface area contributed by atoms with Gasteiger partial charge in [-0.1, -0.05) is 18.2 Å². The Morgan fingerprint density at radius 3 is 2.61 bits per heavy atom. The minimum Gasteiger partial charge on any atom is -0.461 e. The second-order valence-corrected chi connectivity index (χ2v) is 4.09. The van der Waals surface area contributed by atoms with Gasteiger partial charge in [0.15, 0.2) is 5.78 Å². The molecule has 0 bridgehead atoms. The van der Waals surface area contributed by atoms with E-state index in [1.165, 1.54) is 0 Å². The van der Waals surface area contributed by atoms with E-state index in [2.05, 4.69) is 4.98 Å². The average Bonchev–Trinajstić information content (AvgIpc) is 2.75. The molecule has 0 aliphatic heterocycles. The van der Waals surface area contributed by atoms with E-state index in [0.717, 1.165) is 11.0 Å². The van der Waals surface area contributed by atoms with Crippen LogP contribution >= 0.6 is 0 Å². The Labute approximate surface area is 104 Å². The molecule has 2 heterocycles. The number of carbonyl (C=O) groups is 1. The molecule has 0 aliphatic carbocycles. The third-order valence-corrected chi connectivity index (χ3v) is 2.94. The summed E-state index contributed by atoms with van der Waals surface area (Å²) in [5, 5.41) is 0.858. The molecule has 18 heavy (non-hydrogen) atoms. The number of nitrogens with zero attached hydrogens (tertiary/aromatic N) is 1. The Kier molecular flexibility index (Phi) is 2.45. The number of hydrogen-bond acceptors (Lipinski definition) is 3. The zero-order chi connectivity index (χ0) is 12.5. The Bertz CT molecular complexity index is 714. The van der Waals surface area contributed by atoms with Crippen molar-refractivity contribution in [3.05, 3.63) is 65.7 Å². The quantitative estimate of drug-likeness (QED) is 0.642. The molecule has 3 heteroatoms. The van der Waals surface area contributed by atoms with Crippen LogP contribution in [0.25, 0.3) is 11.0 Å². The number of carbonyl (C=O) groups excluding carboxylic acids is 1. The van der Waals surface area contributed by atoms with Crippen molar-refractivity contribution in [1.29, 1.82) is 0 Å². The molecule has 3 rings (SSSR count). The molecule has 2 aromatic heterocycles. The minimum atomic E-state index is -0.0279. The van der Waals surface area contributed by atoms with E-state index >= 15 is 0 Å². The summed E-state index contributed by atoms with van der Waals surface area (Å²) in [6, 6.07) is 11.0. The summed E-state index contributed by atoms with van der Waals surface area (Å²) in [4.78, 5) is 16.4. The van der Waals surface area contributed by atoms with Crippen molar-refractivity contribution < 1.29 is 9.21 Å². The Hall–Kier alpha value is -2.42. The molecule has 0 saturated heterocycles. The molecule has 0 unspecified atom stereocenters. The molecule has 0 amide bonds. The van der Waals surface area contributed by atoms with Crippen LogP contribution in [0.15, 0.2) is 53.2 Å². The number of fused-ring (bicyclic) bond motifs is 1. The second-order valence-electron chi connectivity index (χ2n) is 4.09. The van der Waals surface area contributed by atoms with Gasteiger partial charge in [0.05, 0.1) is 5.56 Å². The van der Waals surface area contributed by atoms with Crippen LogP contribution in [0.5, 0.6) is 0 Å². The number of hydrogen-bond donors (Lipinski definition) is 0. The van der Waals surface area contributed by atoms with E-state index in [-0.39, 0.29) is 5.78 Å². The highest BCUT2D eigenvalue weighted by Gasteiger charge is 2.18. The molecular formula is C15H11NO2. The van der Waals surface area contributed by atoms with Gasteiger partial charge in [-0.3, -0.25) is 9.78 Å². The van der Waals surface area contributed by atoms with Gasteiger partial charge >= 0.3 is 0 Å². The number of ketones is 1. The summed E-state index contributed by atoms with van der Waals surface area (Å²) in [7, 11) is 0. The summed E-state index contributed by atoms with van der Waals surface area (Å²) in [6.45, 7) is 1.81. The Balaban J connectivity index is 2.21. The van der Waals surface area contributed by atoms with Crippen LogP contribution in [0, 0.1) is 6.92 Å². The first-order valence-electron chi connectivity index (χ1n) is 5.70. The lowest BCUT2D eigenvalue weighted by molar-refractivity contribution is 0.103. The van der Waals surface area contributed by atoms with Crippen LogP contribution in [-0.4, -0.2) is 10.8 Å². The fraction of sp³-hybridized carbons (Fsp3) is 0.0667. The van der Waals surface area contributed by atoms with Gasteiger partial charge in [-0.15, -0.1) is 0 Å². The molecule has 0 radical (unpaired) electrons. The van der Waals surface area contributed by atoms with E-state index < -0.39 is 0 Å². The van der Waals surface area contributed by atoms with Gasteiger partial charge in [0.2, 0.25) is 0 Å². The van der Waals surface area contributed by atoms with E-state index in [4.69, 9.17) is 4.42 Å². The highest BCUT2D eigenvalue weighted by atomic mass is 16.3. The van der Waals surface area contributed by atoms with Crippen molar-refractivity contribution in [3.63, 3.8) is 0 Å². The van der Waals surface area contributed by atoms with Gasteiger partial charge in [-0.2, -0.15) is 0 Å². The van der Waals surface area contributed by atoms with Crippen LogP contribution < -0.4 is 0 Å². The van der Waals surface area contributed by atoms with Crippen molar-refractivity contribution in [2.75, 3.05) is 0 Å². The molecule has 88 valence electrons.